The third-order valence-corrected chi connectivity index (χ3v) is 6.07. The molecule has 0 fully saturated rings. The number of esters is 1. The van der Waals surface area contributed by atoms with E-state index in [4.69, 9.17) is 9.47 Å². The monoisotopic (exact) mass is 430 g/mol. The minimum atomic E-state index is -1.09. The number of nitrogens with one attached hydrogen (secondary N) is 1. The van der Waals surface area contributed by atoms with Gasteiger partial charge < -0.3 is 14.8 Å². The summed E-state index contributed by atoms with van der Waals surface area (Å²) in [5.74, 6) is -0.632. The molecule has 3 rings (SSSR count). The fourth-order valence-electron chi connectivity index (χ4n) is 3.31. The van der Waals surface area contributed by atoms with Crippen molar-refractivity contribution in [2.45, 2.75) is 47.1 Å². The number of hydrogen-bond acceptors (Lipinski definition) is 6. The van der Waals surface area contributed by atoms with E-state index in [9.17, 15) is 14.4 Å². The molecule has 1 aliphatic heterocycles. The van der Waals surface area contributed by atoms with Gasteiger partial charge in [-0.15, -0.1) is 11.3 Å². The maximum Gasteiger partial charge on any atom is 0.341 e. The third kappa shape index (κ3) is 4.05. The number of hydrogen-bond donors (Lipinski definition) is 1. The molecule has 0 radical (unpaired) electrons. The molecule has 1 aromatic carbocycles. The second kappa shape index (κ2) is 8.10. The highest BCUT2D eigenvalue weighted by Gasteiger charge is 2.41. The van der Waals surface area contributed by atoms with Crippen LogP contribution in [0.15, 0.2) is 18.2 Å². The summed E-state index contributed by atoms with van der Waals surface area (Å²) < 4.78 is 11.0. The first-order valence-corrected chi connectivity index (χ1v) is 10.6. The summed E-state index contributed by atoms with van der Waals surface area (Å²) in [7, 11) is 0. The third-order valence-electron chi connectivity index (χ3n) is 4.95. The van der Waals surface area contributed by atoms with Crippen LogP contribution in [-0.2, 0) is 14.3 Å². The van der Waals surface area contributed by atoms with Crippen LogP contribution in [0.3, 0.4) is 0 Å². The molecule has 0 atom stereocenters. The second-order valence-corrected chi connectivity index (χ2v) is 8.96. The Balaban J connectivity index is 1.88. The topological polar surface area (TPSA) is 84.9 Å². The average molecular weight is 431 g/mol. The molecule has 2 amide bonds. The number of aryl methyl sites for hydroxylation is 2. The van der Waals surface area contributed by atoms with Crippen LogP contribution in [0.5, 0.6) is 5.75 Å². The highest BCUT2D eigenvalue weighted by Crippen LogP contribution is 2.38. The molecule has 0 unspecified atom stereocenters. The zero-order valence-corrected chi connectivity index (χ0v) is 18.9. The smallest absolute Gasteiger partial charge is 0.341 e. The van der Waals surface area contributed by atoms with Gasteiger partial charge in [-0.2, -0.15) is 0 Å². The quantitative estimate of drug-likeness (QED) is 0.725. The van der Waals surface area contributed by atoms with E-state index in [1.165, 1.54) is 16.2 Å². The molecule has 1 N–H and O–H groups in total. The fraction of sp³-hybridized carbons (Fsp3) is 0.409. The predicted octanol–water partition coefficient (Wildman–Crippen LogP) is 3.99. The number of rotatable bonds is 5. The van der Waals surface area contributed by atoms with Crippen molar-refractivity contribution in [3.63, 3.8) is 0 Å². The van der Waals surface area contributed by atoms with Gasteiger partial charge in [0.2, 0.25) is 5.91 Å². The SMILES string of the molecule is CCOC(=O)c1c(NC(=O)CN2C(=O)C(C)(C)Oc3ccc(C)cc32)sc(C)c1C. The maximum absolute atomic E-state index is 13.0. The van der Waals surface area contributed by atoms with E-state index in [1.807, 2.05) is 32.9 Å². The number of fused-ring (bicyclic) bond motifs is 1. The largest absolute Gasteiger partial charge is 0.476 e. The van der Waals surface area contributed by atoms with E-state index in [0.29, 0.717) is 22.0 Å². The van der Waals surface area contributed by atoms with Crippen molar-refractivity contribution in [1.29, 1.82) is 0 Å². The molecule has 160 valence electrons. The normalized spacial score (nSPS) is 14.7. The summed E-state index contributed by atoms with van der Waals surface area (Å²) in [6.07, 6.45) is 0. The molecule has 1 aliphatic rings. The van der Waals surface area contributed by atoms with Gasteiger partial charge in [-0.05, 0) is 64.8 Å². The zero-order chi connectivity index (χ0) is 22.2. The van der Waals surface area contributed by atoms with Crippen molar-refractivity contribution in [3.8, 4) is 5.75 Å². The van der Waals surface area contributed by atoms with Crippen LogP contribution in [0, 0.1) is 20.8 Å². The first-order chi connectivity index (χ1) is 14.0. The highest BCUT2D eigenvalue weighted by atomic mass is 32.1. The van der Waals surface area contributed by atoms with Crippen molar-refractivity contribution < 1.29 is 23.9 Å². The van der Waals surface area contributed by atoms with Gasteiger partial charge in [-0.3, -0.25) is 14.5 Å². The van der Waals surface area contributed by atoms with Gasteiger partial charge in [0.05, 0.1) is 17.9 Å². The number of carbonyl (C=O) groups is 3. The van der Waals surface area contributed by atoms with E-state index in [0.717, 1.165) is 16.0 Å². The maximum atomic E-state index is 13.0. The molecule has 0 saturated carbocycles. The molecule has 1 aromatic heterocycles. The van der Waals surface area contributed by atoms with E-state index in [-0.39, 0.29) is 19.1 Å². The number of ether oxygens (including phenoxy) is 2. The number of benzene rings is 1. The number of anilines is 2. The first-order valence-electron chi connectivity index (χ1n) is 9.73. The van der Waals surface area contributed by atoms with Gasteiger partial charge in [0.15, 0.2) is 5.60 Å². The lowest BCUT2D eigenvalue weighted by Crippen LogP contribution is -2.54. The van der Waals surface area contributed by atoms with Crippen molar-refractivity contribution in [1.82, 2.24) is 0 Å². The van der Waals surface area contributed by atoms with Crippen LogP contribution in [0.2, 0.25) is 0 Å². The zero-order valence-electron chi connectivity index (χ0n) is 18.0. The van der Waals surface area contributed by atoms with Gasteiger partial charge in [-0.1, -0.05) is 6.07 Å². The van der Waals surface area contributed by atoms with E-state index >= 15 is 0 Å². The van der Waals surface area contributed by atoms with E-state index in [2.05, 4.69) is 5.32 Å². The lowest BCUT2D eigenvalue weighted by Gasteiger charge is -2.38. The Hall–Kier alpha value is -2.87. The lowest BCUT2D eigenvalue weighted by molar-refractivity contribution is -0.133. The summed E-state index contributed by atoms with van der Waals surface area (Å²) in [6, 6.07) is 5.51. The second-order valence-electron chi connectivity index (χ2n) is 7.73. The van der Waals surface area contributed by atoms with Crippen molar-refractivity contribution in [2.75, 3.05) is 23.4 Å². The minimum absolute atomic E-state index is 0.194. The van der Waals surface area contributed by atoms with Crippen LogP contribution in [0.4, 0.5) is 10.7 Å². The van der Waals surface area contributed by atoms with Gasteiger partial charge in [-0.25, -0.2) is 4.79 Å². The Morgan fingerprint density at radius 1 is 1.23 bits per heavy atom. The Labute approximate surface area is 180 Å². The van der Waals surface area contributed by atoms with Crippen molar-refractivity contribution in [3.05, 3.63) is 39.8 Å². The standard InChI is InChI=1S/C22H26N2O5S/c1-7-28-20(26)18-13(3)14(4)30-19(18)23-17(25)11-24-15-10-12(2)8-9-16(15)29-22(5,6)21(24)27/h8-10H,7,11H2,1-6H3,(H,23,25). The van der Waals surface area contributed by atoms with Crippen molar-refractivity contribution in [2.24, 2.45) is 0 Å². The van der Waals surface area contributed by atoms with Crippen LogP contribution >= 0.6 is 11.3 Å². The van der Waals surface area contributed by atoms with Crippen LogP contribution in [-0.4, -0.2) is 36.5 Å². The number of nitrogens with zero attached hydrogens (tertiary/aromatic N) is 1. The van der Waals surface area contributed by atoms with Gasteiger partial charge in [0, 0.05) is 4.88 Å². The molecule has 0 saturated heterocycles. The molecule has 2 heterocycles. The van der Waals surface area contributed by atoms with Crippen molar-refractivity contribution >= 4 is 39.8 Å². The highest BCUT2D eigenvalue weighted by molar-refractivity contribution is 7.16. The minimum Gasteiger partial charge on any atom is -0.476 e. The molecular weight excluding hydrogens is 404 g/mol. The molecule has 30 heavy (non-hydrogen) atoms. The average Bonchev–Trinajstić information content (AvgIpc) is 2.93. The van der Waals surface area contributed by atoms with Gasteiger partial charge >= 0.3 is 5.97 Å². The number of amides is 2. The Kier molecular flexibility index (Phi) is 5.90. The van der Waals surface area contributed by atoms with Crippen LogP contribution < -0.4 is 15.0 Å². The molecule has 2 aromatic rings. The summed E-state index contributed by atoms with van der Waals surface area (Å²) >= 11 is 1.31. The molecule has 0 aliphatic carbocycles. The van der Waals surface area contributed by atoms with Crippen LogP contribution in [0.25, 0.3) is 0 Å². The lowest BCUT2D eigenvalue weighted by atomic mass is 10.0. The molecule has 0 spiro atoms. The van der Waals surface area contributed by atoms with E-state index < -0.39 is 17.5 Å². The summed E-state index contributed by atoms with van der Waals surface area (Å²) in [4.78, 5) is 40.6. The van der Waals surface area contributed by atoms with E-state index in [1.54, 1.807) is 26.8 Å². The molecule has 7 nitrogen and oxygen atoms in total. The summed E-state index contributed by atoms with van der Waals surface area (Å²) in [5.41, 5.74) is 1.55. The van der Waals surface area contributed by atoms with Crippen LogP contribution in [0.1, 0.15) is 47.1 Å². The molecular formula is C22H26N2O5S. The summed E-state index contributed by atoms with van der Waals surface area (Å²) in [6.45, 7) is 10.7. The molecule has 0 bridgehead atoms. The summed E-state index contributed by atoms with van der Waals surface area (Å²) in [5, 5.41) is 3.22. The fourth-order valence-corrected chi connectivity index (χ4v) is 4.37. The predicted molar refractivity (Wildman–Crippen MR) is 117 cm³/mol. The number of thiophene rings is 1. The molecule has 8 heteroatoms. The van der Waals surface area contributed by atoms with Gasteiger partial charge in [0.1, 0.15) is 17.3 Å². The Bertz CT molecular complexity index is 1020. The van der Waals surface area contributed by atoms with Gasteiger partial charge in [0.25, 0.3) is 5.91 Å². The Morgan fingerprint density at radius 2 is 1.93 bits per heavy atom. The first kappa shape index (κ1) is 21.8. The number of carbonyl (C=O) groups excluding carboxylic acids is 3. The Morgan fingerprint density at radius 3 is 2.60 bits per heavy atom.